The van der Waals surface area contributed by atoms with Crippen LogP contribution in [-0.4, -0.2) is 13.5 Å². The number of halogens is 3. The first-order valence-electron chi connectivity index (χ1n) is 9.55. The topological polar surface area (TPSA) is 80.4 Å². The number of thiophene rings is 1. The van der Waals surface area contributed by atoms with E-state index in [0.717, 1.165) is 11.3 Å². The van der Waals surface area contributed by atoms with Gasteiger partial charge < -0.3 is 5.11 Å². The van der Waals surface area contributed by atoms with Gasteiger partial charge in [-0.05, 0) is 52.9 Å². The molecule has 3 aromatic rings. The molecule has 4 nitrogen and oxygen atoms in total. The van der Waals surface area contributed by atoms with Gasteiger partial charge in [0.2, 0.25) is 10.0 Å². The van der Waals surface area contributed by atoms with Crippen molar-refractivity contribution in [2.45, 2.75) is 36.0 Å². The molecule has 0 radical (unpaired) electrons. The molecular weight excluding hydrogens is 497 g/mol. The molecule has 0 unspecified atom stereocenters. The number of hydrogen-bond donors (Lipinski definition) is 2. The molecule has 0 aliphatic carbocycles. The number of nitrogens with two attached hydrogens (primary N) is 1. The number of benzene rings is 2. The first-order chi connectivity index (χ1) is 14.5. The van der Waals surface area contributed by atoms with E-state index < -0.39 is 21.5 Å². The summed E-state index contributed by atoms with van der Waals surface area (Å²) in [5.41, 5.74) is -0.0901. The fourth-order valence-corrected chi connectivity index (χ4v) is 6.56. The number of aliphatic hydroxyl groups is 1. The highest BCUT2D eigenvalue weighted by Gasteiger charge is 2.46. The van der Waals surface area contributed by atoms with Crippen molar-refractivity contribution >= 4 is 56.2 Å². The first-order valence-corrected chi connectivity index (χ1v) is 13.0. The summed E-state index contributed by atoms with van der Waals surface area (Å²) in [6.45, 7) is 3.94. The second kappa shape index (κ2) is 9.40. The van der Waals surface area contributed by atoms with E-state index in [2.05, 4.69) is 0 Å². The summed E-state index contributed by atoms with van der Waals surface area (Å²) in [6, 6.07) is 15.3. The van der Waals surface area contributed by atoms with Crippen molar-refractivity contribution < 1.29 is 13.5 Å². The molecule has 3 N–H and O–H groups in total. The van der Waals surface area contributed by atoms with Gasteiger partial charge in [-0.15, -0.1) is 11.3 Å². The van der Waals surface area contributed by atoms with Gasteiger partial charge in [0.1, 0.15) is 9.81 Å². The lowest BCUT2D eigenvalue weighted by molar-refractivity contribution is 0.0278. The second-order valence-electron chi connectivity index (χ2n) is 7.48. The molecule has 0 saturated heterocycles. The van der Waals surface area contributed by atoms with Crippen molar-refractivity contribution in [1.82, 2.24) is 0 Å². The Balaban J connectivity index is 2.38. The van der Waals surface area contributed by atoms with E-state index in [1.54, 1.807) is 54.6 Å². The largest absolute Gasteiger partial charge is 0.380 e. The fourth-order valence-electron chi connectivity index (χ4n) is 3.91. The molecule has 3 rings (SSSR count). The summed E-state index contributed by atoms with van der Waals surface area (Å²) in [7, 11) is -4.06. The van der Waals surface area contributed by atoms with Gasteiger partial charge in [-0.3, -0.25) is 0 Å². The second-order valence-corrected chi connectivity index (χ2v) is 11.8. The summed E-state index contributed by atoms with van der Waals surface area (Å²) in [5.74, 6) is -0.806. The van der Waals surface area contributed by atoms with Crippen LogP contribution in [0.25, 0.3) is 0 Å². The van der Waals surface area contributed by atoms with Crippen LogP contribution in [0, 0.1) is 5.92 Å². The summed E-state index contributed by atoms with van der Waals surface area (Å²) in [5, 5.41) is 18.9. The number of rotatable bonds is 7. The van der Waals surface area contributed by atoms with Crippen molar-refractivity contribution in [2.75, 3.05) is 0 Å². The maximum atomic E-state index is 12.4. The molecular formula is C22H22Cl3NO3S2. The van der Waals surface area contributed by atoms with Gasteiger partial charge in [0.15, 0.2) is 0 Å². The fraction of sp³-hybridized carbons (Fsp3) is 0.273. The van der Waals surface area contributed by atoms with Gasteiger partial charge in [-0.25, -0.2) is 13.6 Å². The molecule has 0 saturated carbocycles. The van der Waals surface area contributed by atoms with Crippen LogP contribution in [0.2, 0.25) is 14.4 Å². The molecule has 0 bridgehead atoms. The molecule has 31 heavy (non-hydrogen) atoms. The average molecular weight is 519 g/mol. The maximum absolute atomic E-state index is 12.4. The molecule has 0 spiro atoms. The molecule has 9 heteroatoms. The minimum atomic E-state index is -4.06. The molecule has 0 aliphatic heterocycles. The molecule has 2 aromatic carbocycles. The predicted octanol–water partition coefficient (Wildman–Crippen LogP) is 6.42. The highest BCUT2D eigenvalue weighted by atomic mass is 35.5. The Morgan fingerprint density at radius 2 is 1.45 bits per heavy atom. The van der Waals surface area contributed by atoms with E-state index in [1.165, 1.54) is 0 Å². The van der Waals surface area contributed by atoms with Gasteiger partial charge in [0, 0.05) is 16.0 Å². The van der Waals surface area contributed by atoms with Crippen molar-refractivity contribution in [3.8, 4) is 0 Å². The summed E-state index contributed by atoms with van der Waals surface area (Å²) in [4.78, 5) is 0. The van der Waals surface area contributed by atoms with Crippen molar-refractivity contribution in [3.05, 3.63) is 85.7 Å². The smallest absolute Gasteiger partial charge is 0.247 e. The lowest BCUT2D eigenvalue weighted by atomic mass is 9.68. The quantitative estimate of drug-likeness (QED) is 0.378. The van der Waals surface area contributed by atoms with Gasteiger partial charge in [0.05, 0.1) is 4.34 Å². The predicted molar refractivity (Wildman–Crippen MR) is 129 cm³/mol. The molecule has 1 heterocycles. The van der Waals surface area contributed by atoms with Crippen LogP contribution >= 0.6 is 46.1 Å². The summed E-state index contributed by atoms with van der Waals surface area (Å²) < 4.78 is 25.0. The van der Waals surface area contributed by atoms with E-state index in [-0.39, 0.29) is 14.5 Å². The van der Waals surface area contributed by atoms with Crippen molar-refractivity contribution in [2.24, 2.45) is 11.1 Å². The van der Waals surface area contributed by atoms with Crippen LogP contribution in [0.3, 0.4) is 0 Å². The Bertz CT molecular complexity index is 1110. The normalized spacial score (nSPS) is 14.4. The Kier molecular flexibility index (Phi) is 7.43. The first kappa shape index (κ1) is 24.5. The standard InChI is InChI=1S/C22H22Cl3NO3S2/c1-3-13(2)20(18-12-19(25)30-21(18)31(26,28)29)22(27,14-4-8-16(23)9-5-14)15-6-10-17(24)11-7-15/h4-13,20,27H,3H2,1-2H3,(H2,26,28,29)/t13-,20-/m0/s1. The molecule has 0 fully saturated rings. The molecule has 0 amide bonds. The lowest BCUT2D eigenvalue weighted by Crippen LogP contribution is -2.39. The number of sulfonamides is 1. The average Bonchev–Trinajstić information content (AvgIpc) is 3.10. The van der Waals surface area contributed by atoms with Gasteiger partial charge in [-0.1, -0.05) is 79.3 Å². The maximum Gasteiger partial charge on any atom is 0.247 e. The zero-order chi connectivity index (χ0) is 23.0. The Morgan fingerprint density at radius 1 is 1.00 bits per heavy atom. The zero-order valence-corrected chi connectivity index (χ0v) is 20.8. The minimum Gasteiger partial charge on any atom is -0.380 e. The highest BCUT2D eigenvalue weighted by Crippen LogP contribution is 2.51. The summed E-state index contributed by atoms with van der Waals surface area (Å²) >= 11 is 19.3. The molecule has 0 aliphatic rings. The monoisotopic (exact) mass is 517 g/mol. The summed E-state index contributed by atoms with van der Waals surface area (Å²) in [6.07, 6.45) is 0.672. The highest BCUT2D eigenvalue weighted by molar-refractivity contribution is 7.91. The third-order valence-electron chi connectivity index (χ3n) is 5.52. The van der Waals surface area contributed by atoms with Crippen LogP contribution in [0.15, 0.2) is 58.8 Å². The van der Waals surface area contributed by atoms with E-state index >= 15 is 0 Å². The van der Waals surface area contributed by atoms with Gasteiger partial charge >= 0.3 is 0 Å². The van der Waals surface area contributed by atoms with Crippen LogP contribution in [0.4, 0.5) is 0 Å². The van der Waals surface area contributed by atoms with Gasteiger partial charge in [0.25, 0.3) is 0 Å². The Hall–Kier alpha value is -1.12. The van der Waals surface area contributed by atoms with Crippen LogP contribution < -0.4 is 5.14 Å². The third kappa shape index (κ3) is 4.96. The van der Waals surface area contributed by atoms with E-state index in [4.69, 9.17) is 39.9 Å². The van der Waals surface area contributed by atoms with Crippen LogP contribution in [-0.2, 0) is 15.6 Å². The van der Waals surface area contributed by atoms with Crippen molar-refractivity contribution in [1.29, 1.82) is 0 Å². The van der Waals surface area contributed by atoms with Gasteiger partial charge in [-0.2, -0.15) is 0 Å². The van der Waals surface area contributed by atoms with Crippen LogP contribution in [0.1, 0.15) is 42.9 Å². The van der Waals surface area contributed by atoms with E-state index in [0.29, 0.717) is 33.2 Å². The lowest BCUT2D eigenvalue weighted by Gasteiger charge is -2.41. The third-order valence-corrected chi connectivity index (χ3v) is 8.80. The van der Waals surface area contributed by atoms with Crippen molar-refractivity contribution in [3.63, 3.8) is 0 Å². The van der Waals surface area contributed by atoms with E-state index in [9.17, 15) is 13.5 Å². The number of hydrogen-bond acceptors (Lipinski definition) is 4. The molecule has 1 aromatic heterocycles. The molecule has 2 atom stereocenters. The SMILES string of the molecule is CC[C@H](C)[C@@H](c1cc(Cl)sc1S(N)(=O)=O)C(O)(c1ccc(Cl)cc1)c1ccc(Cl)cc1. The minimum absolute atomic E-state index is 0.0517. The Morgan fingerprint density at radius 3 is 1.84 bits per heavy atom. The Labute approximate surface area is 201 Å². The van der Waals surface area contributed by atoms with Crippen LogP contribution in [0.5, 0.6) is 0 Å². The zero-order valence-electron chi connectivity index (χ0n) is 16.8. The number of primary sulfonamides is 1. The molecule has 166 valence electrons. The van der Waals surface area contributed by atoms with E-state index in [1.807, 2.05) is 13.8 Å².